The second-order valence-electron chi connectivity index (χ2n) is 7.99. The van der Waals surface area contributed by atoms with Gasteiger partial charge in [0.15, 0.2) is 21.3 Å². The minimum Gasteiger partial charge on any atom is -0.504 e. The van der Waals surface area contributed by atoms with Crippen LogP contribution in [0.15, 0.2) is 28.9 Å². The van der Waals surface area contributed by atoms with Crippen molar-refractivity contribution in [1.29, 1.82) is 0 Å². The largest absolute Gasteiger partial charge is 0.504 e. The molecule has 1 fully saturated rings. The highest BCUT2D eigenvalue weighted by Gasteiger charge is 2.47. The van der Waals surface area contributed by atoms with Crippen LogP contribution in [0.3, 0.4) is 0 Å². The maximum absolute atomic E-state index is 12.4. The predicted octanol–water partition coefficient (Wildman–Crippen LogP) is 3.96. The molecule has 1 aromatic rings. The molecule has 0 saturated carbocycles. The van der Waals surface area contributed by atoms with Crippen LogP contribution in [0.25, 0.3) is 6.08 Å². The van der Waals surface area contributed by atoms with Gasteiger partial charge in [0, 0.05) is 6.32 Å². The number of halogens is 1. The van der Waals surface area contributed by atoms with E-state index >= 15 is 0 Å². The number of ether oxygens (including phenoxy) is 1. The first-order valence-corrected chi connectivity index (χ1v) is 13.0. The van der Waals surface area contributed by atoms with E-state index in [0.29, 0.717) is 15.7 Å². The molecule has 9 heteroatoms. The molecule has 2 atom stereocenters. The lowest BCUT2D eigenvalue weighted by atomic mass is 9.74. The van der Waals surface area contributed by atoms with Gasteiger partial charge in [-0.05, 0) is 72.0 Å². The number of hydrogen-bond acceptors (Lipinski definition) is 6. The first-order chi connectivity index (χ1) is 14.2. The lowest BCUT2D eigenvalue weighted by Crippen LogP contribution is -2.41. The number of fused-ring (bicyclic) bond motifs is 1. The summed E-state index contributed by atoms with van der Waals surface area (Å²) in [5.74, 6) is 0.624. The minimum absolute atomic E-state index is 0.0585. The fraction of sp³-hybridized carbons (Fsp3) is 0.524. The SMILES string of the molecule is CCC/C(=C\c1cc(I)c(O)c(OC)c1)CC[C@H]1OB(O)C[C@H]2C1=C(C)CS2(=O)=O. The van der Waals surface area contributed by atoms with Gasteiger partial charge in [-0.3, -0.25) is 0 Å². The second-order valence-corrected chi connectivity index (χ2v) is 11.3. The first kappa shape index (κ1) is 23.6. The zero-order valence-corrected chi connectivity index (χ0v) is 20.5. The van der Waals surface area contributed by atoms with Crippen LogP contribution in [0.2, 0.25) is 6.32 Å². The van der Waals surface area contributed by atoms with E-state index in [1.165, 1.54) is 12.7 Å². The van der Waals surface area contributed by atoms with E-state index in [1.54, 1.807) is 6.07 Å². The van der Waals surface area contributed by atoms with E-state index in [1.807, 2.05) is 13.0 Å². The maximum Gasteiger partial charge on any atom is 0.456 e. The molecule has 0 aromatic heterocycles. The van der Waals surface area contributed by atoms with E-state index in [-0.39, 0.29) is 23.9 Å². The normalized spacial score (nSPS) is 23.6. The van der Waals surface area contributed by atoms with Gasteiger partial charge in [-0.15, -0.1) is 0 Å². The van der Waals surface area contributed by atoms with Gasteiger partial charge in [0.05, 0.1) is 27.8 Å². The average Bonchev–Trinajstić information content (AvgIpc) is 2.90. The molecule has 1 aromatic carbocycles. The number of sulfone groups is 1. The molecule has 0 amide bonds. The molecule has 0 aliphatic carbocycles. The van der Waals surface area contributed by atoms with Gasteiger partial charge in [-0.1, -0.05) is 30.6 Å². The topological polar surface area (TPSA) is 93.1 Å². The summed E-state index contributed by atoms with van der Waals surface area (Å²) < 4.78 is 36.6. The zero-order chi connectivity index (χ0) is 22.1. The standard InChI is InChI=1S/C21H28BIO6S/c1-4-5-14(8-15-9-16(23)21(24)18(10-15)28-3)6-7-17-20-13(2)12-30(26,27)19(20)11-22(25)29-17/h8-10,17,19,24-25H,4-7,11-12H2,1-3H3/b14-8+/t17-,19+/m1/s1. The Morgan fingerprint density at radius 1 is 1.40 bits per heavy atom. The Bertz CT molecular complexity index is 972. The molecule has 0 bridgehead atoms. The summed E-state index contributed by atoms with van der Waals surface area (Å²) in [5, 5.41) is 19.5. The molecule has 2 N–H and O–H groups in total. The Labute approximate surface area is 192 Å². The van der Waals surface area contributed by atoms with Gasteiger partial charge in [0.1, 0.15) is 0 Å². The van der Waals surface area contributed by atoms with Gasteiger partial charge in [-0.2, -0.15) is 0 Å². The molecule has 2 aliphatic heterocycles. The van der Waals surface area contributed by atoms with Crippen LogP contribution in [0, 0.1) is 3.57 Å². The van der Waals surface area contributed by atoms with Crippen LogP contribution in [0.4, 0.5) is 0 Å². The van der Waals surface area contributed by atoms with E-state index in [2.05, 4.69) is 35.6 Å². The van der Waals surface area contributed by atoms with Crippen molar-refractivity contribution < 1.29 is 27.9 Å². The molecule has 30 heavy (non-hydrogen) atoms. The Balaban J connectivity index is 1.82. The van der Waals surface area contributed by atoms with Crippen LogP contribution < -0.4 is 4.74 Å². The summed E-state index contributed by atoms with van der Waals surface area (Å²) in [6.07, 6.45) is 5.06. The molecule has 2 heterocycles. The highest BCUT2D eigenvalue weighted by molar-refractivity contribution is 14.1. The van der Waals surface area contributed by atoms with Gasteiger partial charge < -0.3 is 19.5 Å². The van der Waals surface area contributed by atoms with Gasteiger partial charge in [0.2, 0.25) is 0 Å². The van der Waals surface area contributed by atoms with E-state index < -0.39 is 22.2 Å². The highest BCUT2D eigenvalue weighted by Crippen LogP contribution is 2.40. The molecular formula is C21H28BIO6S. The third kappa shape index (κ3) is 5.06. The van der Waals surface area contributed by atoms with Crippen LogP contribution in [0.1, 0.15) is 45.1 Å². The molecule has 164 valence electrons. The summed E-state index contributed by atoms with van der Waals surface area (Å²) >= 11 is 2.08. The number of methoxy groups -OCH3 is 1. The van der Waals surface area contributed by atoms with Crippen molar-refractivity contribution in [2.24, 2.45) is 0 Å². The van der Waals surface area contributed by atoms with Crippen molar-refractivity contribution in [1.82, 2.24) is 0 Å². The number of benzene rings is 1. The van der Waals surface area contributed by atoms with E-state index in [4.69, 9.17) is 9.39 Å². The lowest BCUT2D eigenvalue weighted by molar-refractivity contribution is 0.169. The summed E-state index contributed by atoms with van der Waals surface area (Å²) in [6, 6.07) is 3.71. The summed E-state index contributed by atoms with van der Waals surface area (Å²) in [5.41, 5.74) is 3.85. The third-order valence-corrected chi connectivity index (χ3v) is 8.69. The van der Waals surface area contributed by atoms with Gasteiger partial charge >= 0.3 is 7.12 Å². The summed E-state index contributed by atoms with van der Waals surface area (Å²) in [7, 11) is -2.77. The molecule has 0 unspecified atom stereocenters. The number of hydrogen-bond donors (Lipinski definition) is 2. The Morgan fingerprint density at radius 2 is 2.13 bits per heavy atom. The Hall–Kier alpha value is -1.04. The molecule has 6 nitrogen and oxygen atoms in total. The van der Waals surface area contributed by atoms with Crippen molar-refractivity contribution in [3.63, 3.8) is 0 Å². The number of allylic oxidation sites excluding steroid dienone is 1. The quantitative estimate of drug-likeness (QED) is 0.306. The van der Waals surface area contributed by atoms with Crippen molar-refractivity contribution in [2.75, 3.05) is 12.9 Å². The van der Waals surface area contributed by atoms with Crippen LogP contribution in [-0.2, 0) is 14.5 Å². The fourth-order valence-corrected chi connectivity index (χ4v) is 7.20. The van der Waals surface area contributed by atoms with Crippen molar-refractivity contribution in [3.05, 3.63) is 38.0 Å². The second kappa shape index (κ2) is 9.62. The zero-order valence-electron chi connectivity index (χ0n) is 17.5. The van der Waals surface area contributed by atoms with Gasteiger partial charge in [-0.25, -0.2) is 8.42 Å². The van der Waals surface area contributed by atoms with Crippen LogP contribution in [0.5, 0.6) is 11.5 Å². The number of rotatable bonds is 7. The van der Waals surface area contributed by atoms with E-state index in [0.717, 1.165) is 36.0 Å². The smallest absolute Gasteiger partial charge is 0.456 e. The van der Waals surface area contributed by atoms with Crippen molar-refractivity contribution in [2.45, 2.75) is 57.2 Å². The minimum atomic E-state index is -3.24. The van der Waals surface area contributed by atoms with Crippen LogP contribution >= 0.6 is 22.6 Å². The van der Waals surface area contributed by atoms with Crippen molar-refractivity contribution >= 4 is 45.6 Å². The molecule has 3 rings (SSSR count). The fourth-order valence-electron chi connectivity index (χ4n) is 4.41. The highest BCUT2D eigenvalue weighted by atomic mass is 127. The summed E-state index contributed by atoms with van der Waals surface area (Å²) in [6.45, 7) is 3.97. The Morgan fingerprint density at radius 3 is 2.80 bits per heavy atom. The van der Waals surface area contributed by atoms with E-state index in [9.17, 15) is 18.5 Å². The first-order valence-electron chi connectivity index (χ1n) is 10.2. The predicted molar refractivity (Wildman–Crippen MR) is 127 cm³/mol. The average molecular weight is 546 g/mol. The lowest BCUT2D eigenvalue weighted by Gasteiger charge is -2.32. The molecular weight excluding hydrogens is 518 g/mol. The number of aromatic hydroxyl groups is 1. The summed E-state index contributed by atoms with van der Waals surface area (Å²) in [4.78, 5) is 0. The van der Waals surface area contributed by atoms with Gasteiger partial charge in [0.25, 0.3) is 0 Å². The van der Waals surface area contributed by atoms with Crippen LogP contribution in [-0.4, -0.2) is 49.9 Å². The van der Waals surface area contributed by atoms with Crippen molar-refractivity contribution in [3.8, 4) is 11.5 Å². The molecule has 0 radical (unpaired) electrons. The number of phenols is 1. The molecule has 2 aliphatic rings. The Kier molecular flexibility index (Phi) is 7.58. The molecule has 0 spiro atoms. The maximum atomic E-state index is 12.4. The third-order valence-electron chi connectivity index (χ3n) is 5.72. The molecule has 1 saturated heterocycles. The monoisotopic (exact) mass is 546 g/mol. The number of phenolic OH excluding ortho intramolecular Hbond substituents is 1.